The van der Waals surface area contributed by atoms with E-state index in [1.807, 2.05) is 6.26 Å². The largest absolute Gasteiger partial charge is 0.453 e. The minimum atomic E-state index is -4.57. The van der Waals surface area contributed by atoms with Crippen LogP contribution in [-0.2, 0) is 6.18 Å². The molecule has 5 nitrogen and oxygen atoms in total. The molecule has 0 spiro atoms. The highest BCUT2D eigenvalue weighted by Crippen LogP contribution is 2.31. The van der Waals surface area contributed by atoms with Crippen molar-refractivity contribution >= 4 is 23.2 Å². The third kappa shape index (κ3) is 2.78. The molecule has 0 amide bonds. The van der Waals surface area contributed by atoms with Crippen LogP contribution in [0, 0.1) is 0 Å². The Morgan fingerprint density at radius 3 is 2.81 bits per heavy atom. The minimum Gasteiger partial charge on any atom is -0.365 e. The Morgan fingerprint density at radius 2 is 2.10 bits per heavy atom. The average Bonchev–Trinajstić information content (AvgIpc) is 3.03. The number of halogens is 3. The van der Waals surface area contributed by atoms with Gasteiger partial charge >= 0.3 is 6.18 Å². The molecule has 0 bridgehead atoms. The zero-order valence-electron chi connectivity index (χ0n) is 11.3. The van der Waals surface area contributed by atoms with Crippen molar-refractivity contribution < 1.29 is 13.2 Å². The summed E-state index contributed by atoms with van der Waals surface area (Å²) >= 11 is 1.77. The van der Waals surface area contributed by atoms with E-state index in [0.717, 1.165) is 23.8 Å². The summed E-state index contributed by atoms with van der Waals surface area (Å²) in [7, 11) is 0. The monoisotopic (exact) mass is 317 g/mol. The Bertz CT molecular complexity index is 641. The second-order valence-electron chi connectivity index (χ2n) is 4.97. The lowest BCUT2D eigenvalue weighted by molar-refractivity contribution is -0.146. The number of thioether (sulfide) groups is 1. The van der Waals surface area contributed by atoms with Crippen molar-refractivity contribution in [3.63, 3.8) is 0 Å². The molecular weight excluding hydrogens is 303 g/mol. The quantitative estimate of drug-likeness (QED) is 0.943. The first-order valence-corrected chi connectivity index (χ1v) is 7.87. The number of hydrogen-bond donors (Lipinski definition) is 1. The highest BCUT2D eigenvalue weighted by Gasteiger charge is 2.37. The number of aromatic nitrogens is 4. The number of hydrogen-bond acceptors (Lipinski definition) is 5. The van der Waals surface area contributed by atoms with Gasteiger partial charge in [-0.2, -0.15) is 29.4 Å². The number of anilines is 1. The lowest BCUT2D eigenvalue weighted by Crippen LogP contribution is -2.26. The zero-order valence-corrected chi connectivity index (χ0v) is 12.1. The third-order valence-corrected chi connectivity index (χ3v) is 4.77. The normalized spacial score (nSPS) is 22.9. The molecule has 0 aromatic carbocycles. The lowest BCUT2D eigenvalue weighted by atomic mass is 10.2. The summed E-state index contributed by atoms with van der Waals surface area (Å²) in [6.45, 7) is 0. The van der Waals surface area contributed by atoms with Crippen LogP contribution in [0.4, 0.5) is 19.0 Å². The molecule has 1 saturated carbocycles. The zero-order chi connectivity index (χ0) is 15.0. The summed E-state index contributed by atoms with van der Waals surface area (Å²) in [5.41, 5.74) is 0.0840. The van der Waals surface area contributed by atoms with Gasteiger partial charge in [0, 0.05) is 11.3 Å². The van der Waals surface area contributed by atoms with Crippen LogP contribution in [0.25, 0.3) is 5.65 Å². The average molecular weight is 317 g/mol. The molecule has 1 aliphatic rings. The Morgan fingerprint density at radius 1 is 1.29 bits per heavy atom. The van der Waals surface area contributed by atoms with Crippen LogP contribution in [-0.4, -0.2) is 37.4 Å². The van der Waals surface area contributed by atoms with Crippen molar-refractivity contribution in [2.75, 3.05) is 11.6 Å². The van der Waals surface area contributed by atoms with E-state index in [2.05, 4.69) is 20.6 Å². The molecule has 0 aliphatic heterocycles. The number of nitrogens with one attached hydrogen (secondary N) is 1. The van der Waals surface area contributed by atoms with Crippen LogP contribution in [0.1, 0.15) is 25.1 Å². The standard InChI is InChI=1S/C12H14F3N5S/c1-21-8-4-2-3-7(8)16-9-5-6-10-17-18-11(12(13,14)15)20(10)19-9/h5-8H,2-4H2,1H3,(H,16,19). The highest BCUT2D eigenvalue weighted by molar-refractivity contribution is 7.99. The van der Waals surface area contributed by atoms with E-state index in [-0.39, 0.29) is 11.7 Å². The fraction of sp³-hybridized carbons (Fsp3) is 0.583. The van der Waals surface area contributed by atoms with Crippen molar-refractivity contribution in [3.8, 4) is 0 Å². The molecule has 1 fully saturated rings. The first-order chi connectivity index (χ1) is 9.99. The molecule has 1 aliphatic carbocycles. The predicted molar refractivity (Wildman–Crippen MR) is 74.3 cm³/mol. The second-order valence-corrected chi connectivity index (χ2v) is 6.04. The molecule has 2 atom stereocenters. The van der Waals surface area contributed by atoms with Gasteiger partial charge in [-0.25, -0.2) is 0 Å². The van der Waals surface area contributed by atoms with Crippen molar-refractivity contribution in [1.82, 2.24) is 19.8 Å². The van der Waals surface area contributed by atoms with Crippen molar-refractivity contribution in [1.29, 1.82) is 0 Å². The minimum absolute atomic E-state index is 0.0840. The van der Waals surface area contributed by atoms with Crippen LogP contribution >= 0.6 is 11.8 Å². The molecule has 9 heteroatoms. The molecule has 0 radical (unpaired) electrons. The van der Waals surface area contributed by atoms with Gasteiger partial charge in [-0.15, -0.1) is 15.3 Å². The topological polar surface area (TPSA) is 55.1 Å². The van der Waals surface area contributed by atoms with E-state index < -0.39 is 12.0 Å². The molecule has 0 saturated heterocycles. The Labute approximate surface area is 123 Å². The summed E-state index contributed by atoms with van der Waals surface area (Å²) in [6, 6.07) is 3.36. The van der Waals surface area contributed by atoms with Crippen molar-refractivity contribution in [2.24, 2.45) is 0 Å². The van der Waals surface area contributed by atoms with E-state index in [1.54, 1.807) is 17.8 Å². The first-order valence-electron chi connectivity index (χ1n) is 6.58. The van der Waals surface area contributed by atoms with Gasteiger partial charge in [0.05, 0.1) is 0 Å². The fourth-order valence-corrected chi connectivity index (χ4v) is 3.54. The smallest absolute Gasteiger partial charge is 0.365 e. The third-order valence-electron chi connectivity index (χ3n) is 3.60. The van der Waals surface area contributed by atoms with E-state index in [0.29, 0.717) is 11.1 Å². The lowest BCUT2D eigenvalue weighted by Gasteiger charge is -2.19. The van der Waals surface area contributed by atoms with E-state index in [1.165, 1.54) is 6.07 Å². The van der Waals surface area contributed by atoms with Gasteiger partial charge < -0.3 is 5.32 Å². The summed E-state index contributed by atoms with van der Waals surface area (Å²) in [6.07, 6.45) is 0.704. The molecule has 2 aromatic rings. The Kier molecular flexibility index (Phi) is 3.68. The number of alkyl halides is 3. The molecule has 2 unspecified atom stereocenters. The van der Waals surface area contributed by atoms with E-state index in [4.69, 9.17) is 0 Å². The molecule has 2 heterocycles. The van der Waals surface area contributed by atoms with Gasteiger partial charge in [0.25, 0.3) is 5.82 Å². The van der Waals surface area contributed by atoms with Crippen molar-refractivity contribution in [2.45, 2.75) is 36.7 Å². The Hall–Kier alpha value is -1.51. The maximum Gasteiger partial charge on any atom is 0.453 e. The maximum absolute atomic E-state index is 12.8. The van der Waals surface area contributed by atoms with Gasteiger partial charge in [-0.05, 0) is 31.2 Å². The molecule has 3 rings (SSSR count). The first kappa shape index (κ1) is 14.4. The summed E-state index contributed by atoms with van der Waals surface area (Å²) in [4.78, 5) is 0. The molecular formula is C12H14F3N5S. The van der Waals surface area contributed by atoms with Gasteiger partial charge in [0.2, 0.25) is 0 Å². The summed E-state index contributed by atoms with van der Waals surface area (Å²) in [5.74, 6) is -0.687. The van der Waals surface area contributed by atoms with Crippen LogP contribution < -0.4 is 5.32 Å². The van der Waals surface area contributed by atoms with Gasteiger partial charge in [0.1, 0.15) is 5.82 Å². The predicted octanol–water partition coefficient (Wildman–Crippen LogP) is 2.84. The van der Waals surface area contributed by atoms with Crippen LogP contribution in [0.5, 0.6) is 0 Å². The second kappa shape index (κ2) is 5.36. The number of rotatable bonds is 3. The van der Waals surface area contributed by atoms with Crippen LogP contribution in [0.2, 0.25) is 0 Å². The fourth-order valence-electron chi connectivity index (χ4n) is 2.61. The molecule has 114 valence electrons. The molecule has 21 heavy (non-hydrogen) atoms. The molecule has 2 aromatic heterocycles. The summed E-state index contributed by atoms with van der Waals surface area (Å²) < 4.78 is 39.2. The van der Waals surface area contributed by atoms with Gasteiger partial charge in [-0.3, -0.25) is 0 Å². The van der Waals surface area contributed by atoms with Gasteiger partial charge in [0.15, 0.2) is 5.65 Å². The van der Waals surface area contributed by atoms with Crippen LogP contribution in [0.3, 0.4) is 0 Å². The maximum atomic E-state index is 12.8. The number of nitrogens with zero attached hydrogens (tertiary/aromatic N) is 4. The van der Waals surface area contributed by atoms with Gasteiger partial charge in [-0.1, -0.05) is 6.42 Å². The van der Waals surface area contributed by atoms with Crippen LogP contribution in [0.15, 0.2) is 12.1 Å². The molecule has 1 N–H and O–H groups in total. The Balaban J connectivity index is 1.90. The summed E-state index contributed by atoms with van der Waals surface area (Å²) in [5, 5.41) is 14.3. The highest BCUT2D eigenvalue weighted by atomic mass is 32.2. The SMILES string of the molecule is CSC1CCCC1Nc1ccc2nnc(C(F)(F)F)n2n1. The number of fused-ring (bicyclic) bond motifs is 1. The van der Waals surface area contributed by atoms with Crippen molar-refractivity contribution in [3.05, 3.63) is 18.0 Å². The van der Waals surface area contributed by atoms with E-state index >= 15 is 0 Å². The van der Waals surface area contributed by atoms with E-state index in [9.17, 15) is 13.2 Å².